The Morgan fingerprint density at radius 2 is 1.94 bits per heavy atom. The number of nitrogens with two attached hydrogens (primary N) is 1. The first-order valence-corrected chi connectivity index (χ1v) is 6.66. The van der Waals surface area contributed by atoms with Crippen molar-refractivity contribution >= 4 is 0 Å². The zero-order valence-corrected chi connectivity index (χ0v) is 12.0. The van der Waals surface area contributed by atoms with Gasteiger partial charge in [-0.25, -0.2) is 0 Å². The smallest absolute Gasteiger partial charge is 0.243 e. The van der Waals surface area contributed by atoms with Crippen LogP contribution in [0.1, 0.15) is 64.9 Å². The van der Waals surface area contributed by atoms with Gasteiger partial charge in [-0.3, -0.25) is 0 Å². The Morgan fingerprint density at radius 1 is 1.28 bits per heavy atom. The number of rotatable bonds is 7. The summed E-state index contributed by atoms with van der Waals surface area (Å²) >= 11 is 0. The lowest BCUT2D eigenvalue weighted by Gasteiger charge is -2.16. The Labute approximate surface area is 109 Å². The third-order valence-electron chi connectivity index (χ3n) is 2.71. The summed E-state index contributed by atoms with van der Waals surface area (Å²) in [5.41, 5.74) is 6.02. The van der Waals surface area contributed by atoms with Gasteiger partial charge in [0, 0.05) is 6.61 Å². The van der Waals surface area contributed by atoms with Crippen LogP contribution in [-0.4, -0.2) is 16.7 Å². The quantitative estimate of drug-likeness (QED) is 0.811. The van der Waals surface area contributed by atoms with Crippen molar-refractivity contribution in [2.24, 2.45) is 17.6 Å². The molecule has 1 heterocycles. The summed E-state index contributed by atoms with van der Waals surface area (Å²) in [6.45, 7) is 11.0. The summed E-state index contributed by atoms with van der Waals surface area (Å²) in [5.74, 6) is 1.91. The molecule has 1 aromatic rings. The molecule has 1 rings (SSSR count). The number of hydrogen-bond acceptors (Lipinski definition) is 5. The summed E-state index contributed by atoms with van der Waals surface area (Å²) in [7, 11) is 0. The predicted octanol–water partition coefficient (Wildman–Crippen LogP) is 2.85. The average molecular weight is 255 g/mol. The minimum atomic E-state index is -0.194. The van der Waals surface area contributed by atoms with E-state index in [-0.39, 0.29) is 12.1 Å². The van der Waals surface area contributed by atoms with Crippen LogP contribution in [0.2, 0.25) is 0 Å². The van der Waals surface area contributed by atoms with E-state index in [1.807, 2.05) is 6.92 Å². The van der Waals surface area contributed by atoms with Gasteiger partial charge in [0.05, 0.1) is 6.04 Å². The van der Waals surface area contributed by atoms with E-state index >= 15 is 0 Å². The standard InChI is InChI=1S/C13H25N3O2/c1-6-17-11(9(4)5)12-15-13(18-16-12)10(14)7-8(2)3/h8-11H,6-7,14H2,1-5H3/t10-,11?/m0/s1. The fraction of sp³-hybridized carbons (Fsp3) is 0.846. The van der Waals surface area contributed by atoms with Gasteiger partial charge in [-0.15, -0.1) is 0 Å². The Hall–Kier alpha value is -0.940. The van der Waals surface area contributed by atoms with Crippen molar-refractivity contribution in [3.8, 4) is 0 Å². The van der Waals surface area contributed by atoms with Crippen LogP contribution in [0, 0.1) is 11.8 Å². The van der Waals surface area contributed by atoms with Crippen LogP contribution in [0.25, 0.3) is 0 Å². The maximum atomic E-state index is 6.02. The minimum Gasteiger partial charge on any atom is -0.370 e. The second-order valence-corrected chi connectivity index (χ2v) is 5.35. The van der Waals surface area contributed by atoms with Gasteiger partial charge in [0.1, 0.15) is 6.10 Å². The van der Waals surface area contributed by atoms with E-state index in [4.69, 9.17) is 15.0 Å². The molecule has 0 aliphatic carbocycles. The van der Waals surface area contributed by atoms with E-state index in [1.54, 1.807) is 0 Å². The number of aromatic nitrogens is 2. The molecule has 0 saturated carbocycles. The predicted molar refractivity (Wildman–Crippen MR) is 69.9 cm³/mol. The second kappa shape index (κ2) is 6.85. The van der Waals surface area contributed by atoms with E-state index in [9.17, 15) is 0 Å². The third-order valence-corrected chi connectivity index (χ3v) is 2.71. The van der Waals surface area contributed by atoms with Gasteiger partial charge in [0.25, 0.3) is 0 Å². The van der Waals surface area contributed by atoms with Crippen molar-refractivity contribution in [2.45, 2.75) is 53.2 Å². The summed E-state index contributed by atoms with van der Waals surface area (Å²) < 4.78 is 10.9. The molecule has 2 N–H and O–H groups in total. The van der Waals surface area contributed by atoms with Crippen LogP contribution in [0.4, 0.5) is 0 Å². The van der Waals surface area contributed by atoms with Gasteiger partial charge in [0.15, 0.2) is 0 Å². The molecule has 0 aliphatic rings. The highest BCUT2D eigenvalue weighted by Gasteiger charge is 2.24. The molecule has 5 heteroatoms. The van der Waals surface area contributed by atoms with Crippen LogP contribution in [-0.2, 0) is 4.74 Å². The summed E-state index contributed by atoms with van der Waals surface area (Å²) in [6.07, 6.45) is 0.710. The van der Waals surface area contributed by atoms with Crippen molar-refractivity contribution in [3.63, 3.8) is 0 Å². The molecular weight excluding hydrogens is 230 g/mol. The van der Waals surface area contributed by atoms with Gasteiger partial charge >= 0.3 is 0 Å². The summed E-state index contributed by atoms with van der Waals surface area (Å²) in [4.78, 5) is 4.38. The van der Waals surface area contributed by atoms with E-state index in [0.717, 1.165) is 6.42 Å². The first-order chi connectivity index (χ1) is 8.45. The van der Waals surface area contributed by atoms with Crippen molar-refractivity contribution < 1.29 is 9.26 Å². The molecule has 0 bridgehead atoms. The molecule has 0 aromatic carbocycles. The zero-order valence-electron chi connectivity index (χ0n) is 12.0. The fourth-order valence-electron chi connectivity index (χ4n) is 1.87. The molecule has 104 valence electrons. The highest BCUT2D eigenvalue weighted by molar-refractivity contribution is 4.96. The first-order valence-electron chi connectivity index (χ1n) is 6.66. The topological polar surface area (TPSA) is 74.2 Å². The molecular formula is C13H25N3O2. The van der Waals surface area contributed by atoms with E-state index in [0.29, 0.717) is 30.2 Å². The lowest BCUT2D eigenvalue weighted by atomic mass is 10.0. The molecule has 5 nitrogen and oxygen atoms in total. The lowest BCUT2D eigenvalue weighted by Crippen LogP contribution is -2.15. The van der Waals surface area contributed by atoms with Crippen LogP contribution in [0.5, 0.6) is 0 Å². The van der Waals surface area contributed by atoms with Crippen molar-refractivity contribution in [2.75, 3.05) is 6.61 Å². The number of hydrogen-bond donors (Lipinski definition) is 1. The Bertz CT molecular complexity index is 350. The molecule has 0 radical (unpaired) electrons. The van der Waals surface area contributed by atoms with E-state index < -0.39 is 0 Å². The Kier molecular flexibility index (Phi) is 5.75. The van der Waals surface area contributed by atoms with Crippen LogP contribution in [0.15, 0.2) is 4.52 Å². The second-order valence-electron chi connectivity index (χ2n) is 5.35. The molecule has 1 unspecified atom stereocenters. The number of nitrogens with zero attached hydrogens (tertiary/aromatic N) is 2. The monoisotopic (exact) mass is 255 g/mol. The SMILES string of the molecule is CCOC(c1noc([C@@H](N)CC(C)C)n1)C(C)C. The highest BCUT2D eigenvalue weighted by Crippen LogP contribution is 2.25. The maximum Gasteiger partial charge on any atom is 0.243 e. The van der Waals surface area contributed by atoms with Crippen LogP contribution >= 0.6 is 0 Å². The highest BCUT2D eigenvalue weighted by atomic mass is 16.5. The van der Waals surface area contributed by atoms with E-state index in [2.05, 4.69) is 37.8 Å². The third kappa shape index (κ3) is 4.07. The molecule has 1 aromatic heterocycles. The zero-order chi connectivity index (χ0) is 13.7. The van der Waals surface area contributed by atoms with Crippen molar-refractivity contribution in [1.82, 2.24) is 10.1 Å². The lowest BCUT2D eigenvalue weighted by molar-refractivity contribution is 0.0217. The van der Waals surface area contributed by atoms with Gasteiger partial charge in [-0.1, -0.05) is 32.9 Å². The summed E-state index contributed by atoms with van der Waals surface area (Å²) in [6, 6.07) is -0.194. The van der Waals surface area contributed by atoms with Crippen LogP contribution in [0.3, 0.4) is 0 Å². The van der Waals surface area contributed by atoms with Crippen molar-refractivity contribution in [1.29, 1.82) is 0 Å². The molecule has 0 aliphatic heterocycles. The minimum absolute atomic E-state index is 0.126. The molecule has 2 atom stereocenters. The molecule has 0 fully saturated rings. The van der Waals surface area contributed by atoms with Gasteiger partial charge < -0.3 is 15.0 Å². The van der Waals surface area contributed by atoms with Crippen molar-refractivity contribution in [3.05, 3.63) is 11.7 Å². The average Bonchev–Trinajstić information content (AvgIpc) is 2.73. The molecule has 0 saturated heterocycles. The van der Waals surface area contributed by atoms with E-state index in [1.165, 1.54) is 0 Å². The molecule has 18 heavy (non-hydrogen) atoms. The molecule has 0 spiro atoms. The van der Waals surface area contributed by atoms with Crippen LogP contribution < -0.4 is 5.73 Å². The summed E-state index contributed by atoms with van der Waals surface area (Å²) in [5, 5.41) is 3.99. The normalized spacial score (nSPS) is 15.3. The maximum absolute atomic E-state index is 6.02. The first kappa shape index (κ1) is 15.1. The fourth-order valence-corrected chi connectivity index (χ4v) is 1.87. The van der Waals surface area contributed by atoms with Gasteiger partial charge in [-0.2, -0.15) is 4.98 Å². The Morgan fingerprint density at radius 3 is 2.44 bits per heavy atom. The number of ether oxygens (including phenoxy) is 1. The van der Waals surface area contributed by atoms with Gasteiger partial charge in [-0.05, 0) is 25.2 Å². The molecule has 0 amide bonds. The van der Waals surface area contributed by atoms with Gasteiger partial charge in [0.2, 0.25) is 11.7 Å². The Balaban J connectivity index is 2.77. The largest absolute Gasteiger partial charge is 0.370 e.